The third-order valence-electron chi connectivity index (χ3n) is 5.84. The molecule has 0 radical (unpaired) electrons. The first-order chi connectivity index (χ1) is 16.9. The van der Waals surface area contributed by atoms with Gasteiger partial charge < -0.3 is 19.6 Å². The number of nitrogens with zero attached hydrogens (tertiary/aromatic N) is 3. The minimum absolute atomic E-state index is 0.0388. The van der Waals surface area contributed by atoms with Crippen LogP contribution in [-0.4, -0.2) is 30.7 Å². The number of fused-ring (bicyclic) bond motifs is 1. The van der Waals surface area contributed by atoms with E-state index in [1.54, 1.807) is 49.4 Å². The van der Waals surface area contributed by atoms with Gasteiger partial charge in [0.05, 0.1) is 48.6 Å². The number of benzene rings is 2. The first-order valence-electron chi connectivity index (χ1n) is 10.7. The van der Waals surface area contributed by atoms with Gasteiger partial charge in [-0.3, -0.25) is 9.47 Å². The van der Waals surface area contributed by atoms with Gasteiger partial charge in [0.2, 0.25) is 0 Å². The maximum Gasteiger partial charge on any atom is 0.419 e. The zero-order valence-corrected chi connectivity index (χ0v) is 19.3. The lowest BCUT2D eigenvalue weighted by Gasteiger charge is -2.35. The van der Waals surface area contributed by atoms with Crippen LogP contribution in [0.2, 0.25) is 0 Å². The van der Waals surface area contributed by atoms with E-state index >= 15 is 0 Å². The Morgan fingerprint density at radius 2 is 1.80 bits per heavy atom. The van der Waals surface area contributed by atoms with Gasteiger partial charge in [0.1, 0.15) is 11.5 Å². The summed E-state index contributed by atoms with van der Waals surface area (Å²) in [4.78, 5) is 39.6. The SMILES string of the molecule is CCn1c(=O)oc2cc(N3C(N)=C(C#N)C(c4ccccc4)C(C(=O)OC)=C3C(=O)OC)ccc21. The molecule has 0 bridgehead atoms. The molecule has 0 amide bonds. The minimum Gasteiger partial charge on any atom is -0.466 e. The molecule has 1 atom stereocenters. The Labute approximate surface area is 200 Å². The number of ether oxygens (including phenoxy) is 2. The van der Waals surface area contributed by atoms with Gasteiger partial charge in [-0.15, -0.1) is 0 Å². The molecule has 10 nitrogen and oxygen atoms in total. The van der Waals surface area contributed by atoms with Crippen LogP contribution in [0.3, 0.4) is 0 Å². The highest BCUT2D eigenvalue weighted by Gasteiger charge is 2.43. The molecule has 2 aromatic carbocycles. The smallest absolute Gasteiger partial charge is 0.419 e. The average molecular weight is 474 g/mol. The van der Waals surface area contributed by atoms with Gasteiger partial charge in [0, 0.05) is 12.6 Å². The van der Waals surface area contributed by atoms with Crippen LogP contribution in [0.1, 0.15) is 18.4 Å². The van der Waals surface area contributed by atoms with Crippen LogP contribution in [-0.2, 0) is 25.6 Å². The zero-order chi connectivity index (χ0) is 25.3. The quantitative estimate of drug-likeness (QED) is 0.552. The normalized spacial score (nSPS) is 15.8. The van der Waals surface area contributed by atoms with Crippen molar-refractivity contribution in [1.29, 1.82) is 5.26 Å². The molecule has 2 N–H and O–H groups in total. The van der Waals surface area contributed by atoms with Gasteiger partial charge in [-0.1, -0.05) is 30.3 Å². The monoisotopic (exact) mass is 474 g/mol. The largest absolute Gasteiger partial charge is 0.466 e. The van der Waals surface area contributed by atoms with E-state index in [1.165, 1.54) is 29.8 Å². The van der Waals surface area contributed by atoms with E-state index in [4.69, 9.17) is 19.6 Å². The Balaban J connectivity index is 2.06. The van der Waals surface area contributed by atoms with Crippen molar-refractivity contribution in [3.8, 4) is 6.07 Å². The number of hydrogen-bond acceptors (Lipinski definition) is 9. The number of carbonyl (C=O) groups excluding carboxylic acids is 2. The number of nitrogens with two attached hydrogens (primary N) is 1. The average Bonchev–Trinajstić information content (AvgIpc) is 3.21. The third kappa shape index (κ3) is 3.73. The summed E-state index contributed by atoms with van der Waals surface area (Å²) in [6.07, 6.45) is 0. The summed E-state index contributed by atoms with van der Waals surface area (Å²) < 4.78 is 16.8. The molecule has 3 aromatic rings. The van der Waals surface area contributed by atoms with E-state index < -0.39 is 23.6 Å². The van der Waals surface area contributed by atoms with Crippen LogP contribution < -0.4 is 16.4 Å². The number of aromatic nitrogens is 1. The van der Waals surface area contributed by atoms with Crippen LogP contribution in [0.25, 0.3) is 11.1 Å². The van der Waals surface area contributed by atoms with E-state index in [2.05, 4.69) is 6.07 Å². The Morgan fingerprint density at radius 3 is 2.40 bits per heavy atom. The molecule has 178 valence electrons. The van der Waals surface area contributed by atoms with Gasteiger partial charge in [-0.25, -0.2) is 14.4 Å². The van der Waals surface area contributed by atoms with E-state index in [0.717, 1.165) is 0 Å². The Morgan fingerprint density at radius 1 is 1.11 bits per heavy atom. The molecule has 1 aliphatic rings. The lowest BCUT2D eigenvalue weighted by Crippen LogP contribution is -2.40. The van der Waals surface area contributed by atoms with Gasteiger partial charge in [-0.2, -0.15) is 5.26 Å². The molecule has 10 heteroatoms. The molecule has 1 aromatic heterocycles. The number of hydrogen-bond donors (Lipinski definition) is 1. The summed E-state index contributed by atoms with van der Waals surface area (Å²) in [7, 11) is 2.35. The summed E-state index contributed by atoms with van der Waals surface area (Å²) in [6, 6.07) is 15.5. The molecular weight excluding hydrogens is 452 g/mol. The predicted octanol–water partition coefficient (Wildman–Crippen LogP) is 2.51. The fourth-order valence-corrected chi connectivity index (χ4v) is 4.28. The second-order valence-corrected chi connectivity index (χ2v) is 7.60. The summed E-state index contributed by atoms with van der Waals surface area (Å²) in [6.45, 7) is 2.20. The lowest BCUT2D eigenvalue weighted by atomic mass is 9.81. The number of anilines is 1. The number of carbonyl (C=O) groups is 2. The van der Waals surface area contributed by atoms with Crippen molar-refractivity contribution in [1.82, 2.24) is 4.57 Å². The van der Waals surface area contributed by atoms with Gasteiger partial charge in [0.25, 0.3) is 0 Å². The van der Waals surface area contributed by atoms with Gasteiger partial charge in [-0.05, 0) is 24.6 Å². The molecule has 1 aliphatic heterocycles. The van der Waals surface area contributed by atoms with Crippen molar-refractivity contribution in [2.75, 3.05) is 19.1 Å². The number of oxazole rings is 1. The Hall–Kier alpha value is -4.78. The molecule has 4 rings (SSSR count). The number of esters is 2. The Bertz CT molecular complexity index is 1490. The maximum atomic E-state index is 13.1. The van der Waals surface area contributed by atoms with E-state index in [1.807, 2.05) is 0 Å². The summed E-state index contributed by atoms with van der Waals surface area (Å²) in [5.74, 6) is -3.27. The van der Waals surface area contributed by atoms with E-state index in [0.29, 0.717) is 17.6 Å². The lowest BCUT2D eigenvalue weighted by molar-refractivity contribution is -0.139. The van der Waals surface area contributed by atoms with Crippen molar-refractivity contribution >= 4 is 28.7 Å². The first kappa shape index (κ1) is 23.4. The highest BCUT2D eigenvalue weighted by atomic mass is 16.5. The van der Waals surface area contributed by atoms with Crippen LogP contribution >= 0.6 is 0 Å². The third-order valence-corrected chi connectivity index (χ3v) is 5.84. The second-order valence-electron chi connectivity index (χ2n) is 7.60. The molecule has 0 spiro atoms. The fourth-order valence-electron chi connectivity index (χ4n) is 4.28. The number of methoxy groups -OCH3 is 2. The summed E-state index contributed by atoms with van der Waals surface area (Å²) in [5, 5.41) is 10.1. The topological polar surface area (TPSA) is 141 Å². The van der Waals surface area contributed by atoms with Crippen molar-refractivity contribution in [2.45, 2.75) is 19.4 Å². The van der Waals surface area contributed by atoms with E-state index in [-0.39, 0.29) is 33.9 Å². The number of nitriles is 1. The van der Waals surface area contributed by atoms with Gasteiger partial charge in [0.15, 0.2) is 5.58 Å². The van der Waals surface area contributed by atoms with Crippen molar-refractivity contribution < 1.29 is 23.5 Å². The first-order valence-corrected chi connectivity index (χ1v) is 10.7. The minimum atomic E-state index is -0.971. The fraction of sp³-hybridized carbons (Fsp3) is 0.200. The maximum absolute atomic E-state index is 13.1. The molecule has 0 saturated heterocycles. The predicted molar refractivity (Wildman–Crippen MR) is 126 cm³/mol. The number of aryl methyl sites for hydroxylation is 1. The summed E-state index contributed by atoms with van der Waals surface area (Å²) in [5.41, 5.74) is 7.84. The van der Waals surface area contributed by atoms with Crippen molar-refractivity contribution in [2.24, 2.45) is 5.73 Å². The Kier molecular flexibility index (Phi) is 6.16. The van der Waals surface area contributed by atoms with Crippen LogP contribution in [0.5, 0.6) is 0 Å². The highest BCUT2D eigenvalue weighted by Crippen LogP contribution is 2.43. The summed E-state index contributed by atoms with van der Waals surface area (Å²) >= 11 is 0. The van der Waals surface area contributed by atoms with Crippen molar-refractivity contribution in [3.63, 3.8) is 0 Å². The van der Waals surface area contributed by atoms with Gasteiger partial charge >= 0.3 is 17.7 Å². The number of allylic oxidation sites excluding steroid dienone is 1. The molecule has 0 saturated carbocycles. The van der Waals surface area contributed by atoms with Crippen LogP contribution in [0.4, 0.5) is 5.69 Å². The van der Waals surface area contributed by atoms with Crippen LogP contribution in [0.15, 0.2) is 80.4 Å². The zero-order valence-electron chi connectivity index (χ0n) is 19.3. The molecule has 1 unspecified atom stereocenters. The molecule has 35 heavy (non-hydrogen) atoms. The second kappa shape index (κ2) is 9.23. The molecular formula is C25H22N4O6. The van der Waals surface area contributed by atoms with Crippen molar-refractivity contribution in [3.05, 3.63) is 87.3 Å². The molecule has 2 heterocycles. The molecule has 0 aliphatic carbocycles. The van der Waals surface area contributed by atoms with E-state index in [9.17, 15) is 19.6 Å². The standard InChI is InChI=1S/C25H22N4O6/c1-4-28-17-11-10-15(12-18(17)35-25(28)32)29-21(24(31)34-3)20(23(30)33-2)19(16(13-26)22(29)27)14-8-6-5-7-9-14/h5-12,19H,4,27H2,1-3H3. The highest BCUT2D eigenvalue weighted by molar-refractivity contribution is 6.06. The number of rotatable bonds is 5. The van der Waals surface area contributed by atoms with Crippen LogP contribution in [0, 0.1) is 11.3 Å². The molecule has 0 fully saturated rings.